The fraction of sp³-hybridized carbons (Fsp3) is 0.588. The quantitative estimate of drug-likeness (QED) is 0.873. The molecule has 2 fully saturated rings. The highest BCUT2D eigenvalue weighted by Crippen LogP contribution is 2.34. The molecule has 6 heteroatoms. The van der Waals surface area contributed by atoms with Crippen LogP contribution in [0.1, 0.15) is 18.4 Å². The van der Waals surface area contributed by atoms with Crippen molar-refractivity contribution in [2.24, 2.45) is 0 Å². The number of halogens is 1. The zero-order valence-corrected chi connectivity index (χ0v) is 13.9. The van der Waals surface area contributed by atoms with E-state index in [9.17, 15) is 4.79 Å². The van der Waals surface area contributed by atoms with Gasteiger partial charge >= 0.3 is 0 Å². The van der Waals surface area contributed by atoms with Crippen molar-refractivity contribution in [2.45, 2.75) is 24.4 Å². The van der Waals surface area contributed by atoms with Crippen LogP contribution in [0.2, 0.25) is 5.02 Å². The molecule has 1 amide bonds. The van der Waals surface area contributed by atoms with Crippen LogP contribution in [0.15, 0.2) is 24.3 Å². The molecule has 23 heavy (non-hydrogen) atoms. The highest BCUT2D eigenvalue weighted by molar-refractivity contribution is 6.30. The van der Waals surface area contributed by atoms with E-state index in [0.29, 0.717) is 32.9 Å². The Morgan fingerprint density at radius 1 is 1.26 bits per heavy atom. The highest BCUT2D eigenvalue weighted by atomic mass is 35.5. The fourth-order valence-corrected chi connectivity index (χ4v) is 3.36. The molecule has 1 aromatic carbocycles. The summed E-state index contributed by atoms with van der Waals surface area (Å²) in [4.78, 5) is 12.3. The lowest BCUT2D eigenvalue weighted by Gasteiger charge is -2.38. The Balaban J connectivity index is 1.69. The maximum absolute atomic E-state index is 12.3. The molecule has 0 saturated carbocycles. The number of ether oxygens (including phenoxy) is 2. The van der Waals surface area contributed by atoms with Gasteiger partial charge in [0.2, 0.25) is 5.91 Å². The van der Waals surface area contributed by atoms with Gasteiger partial charge in [0.15, 0.2) is 0 Å². The molecule has 5 nitrogen and oxygen atoms in total. The number of hydrogen-bond donors (Lipinski definition) is 2. The molecule has 1 atom stereocenters. The van der Waals surface area contributed by atoms with Gasteiger partial charge < -0.3 is 20.1 Å². The van der Waals surface area contributed by atoms with Gasteiger partial charge in [-0.2, -0.15) is 0 Å². The molecule has 0 aromatic heterocycles. The zero-order chi connectivity index (χ0) is 16.1. The number of amides is 1. The SMILES string of the molecule is O=C(NCC1(c2ccc(Cl)cc2)CCOCC1)C1CNCCO1. The van der Waals surface area contributed by atoms with Gasteiger partial charge in [-0.05, 0) is 30.5 Å². The average molecular weight is 339 g/mol. The van der Waals surface area contributed by atoms with Crippen molar-refractivity contribution in [3.05, 3.63) is 34.9 Å². The van der Waals surface area contributed by atoms with E-state index in [-0.39, 0.29) is 11.3 Å². The van der Waals surface area contributed by atoms with E-state index in [2.05, 4.69) is 22.8 Å². The molecule has 0 bridgehead atoms. The van der Waals surface area contributed by atoms with Crippen LogP contribution in [0.3, 0.4) is 0 Å². The average Bonchev–Trinajstić information content (AvgIpc) is 2.62. The molecule has 0 radical (unpaired) electrons. The Bertz CT molecular complexity index is 523. The summed E-state index contributed by atoms with van der Waals surface area (Å²) in [6.07, 6.45) is 1.38. The first-order valence-corrected chi connectivity index (χ1v) is 8.51. The molecule has 2 N–H and O–H groups in total. The van der Waals surface area contributed by atoms with Gasteiger partial charge in [0.25, 0.3) is 0 Å². The Kier molecular flexibility index (Phi) is 5.54. The number of morpholine rings is 1. The van der Waals surface area contributed by atoms with Crippen molar-refractivity contribution in [1.29, 1.82) is 0 Å². The summed E-state index contributed by atoms with van der Waals surface area (Å²) in [6, 6.07) is 7.92. The minimum Gasteiger partial charge on any atom is -0.381 e. The number of benzene rings is 1. The summed E-state index contributed by atoms with van der Waals surface area (Å²) in [6.45, 7) is 3.96. The summed E-state index contributed by atoms with van der Waals surface area (Å²) >= 11 is 6.01. The summed E-state index contributed by atoms with van der Waals surface area (Å²) in [7, 11) is 0. The summed E-state index contributed by atoms with van der Waals surface area (Å²) < 4.78 is 11.0. The van der Waals surface area contributed by atoms with Crippen molar-refractivity contribution in [3.63, 3.8) is 0 Å². The third-order valence-electron chi connectivity index (χ3n) is 4.73. The van der Waals surface area contributed by atoms with Gasteiger partial charge in [0, 0.05) is 43.3 Å². The van der Waals surface area contributed by atoms with Crippen molar-refractivity contribution < 1.29 is 14.3 Å². The minimum absolute atomic E-state index is 0.0444. The molecular weight excluding hydrogens is 316 g/mol. The van der Waals surface area contributed by atoms with Crippen LogP contribution in [0.4, 0.5) is 0 Å². The molecule has 1 aromatic rings. The first-order valence-electron chi connectivity index (χ1n) is 8.13. The van der Waals surface area contributed by atoms with Crippen LogP contribution in [-0.2, 0) is 19.7 Å². The normalized spacial score (nSPS) is 24.1. The van der Waals surface area contributed by atoms with Crippen LogP contribution in [0.5, 0.6) is 0 Å². The summed E-state index contributed by atoms with van der Waals surface area (Å²) in [5.41, 5.74) is 1.11. The van der Waals surface area contributed by atoms with E-state index < -0.39 is 6.10 Å². The smallest absolute Gasteiger partial charge is 0.250 e. The topological polar surface area (TPSA) is 59.6 Å². The van der Waals surface area contributed by atoms with Crippen LogP contribution in [0.25, 0.3) is 0 Å². The maximum Gasteiger partial charge on any atom is 0.250 e. The Labute approximate surface area is 141 Å². The molecule has 126 valence electrons. The molecule has 2 aliphatic heterocycles. The predicted molar refractivity (Wildman–Crippen MR) is 88.8 cm³/mol. The molecule has 0 spiro atoms. The second kappa shape index (κ2) is 7.62. The molecule has 2 aliphatic rings. The van der Waals surface area contributed by atoms with E-state index in [0.717, 1.165) is 24.4 Å². The van der Waals surface area contributed by atoms with Crippen molar-refractivity contribution in [1.82, 2.24) is 10.6 Å². The number of carbonyl (C=O) groups excluding carboxylic acids is 1. The van der Waals surface area contributed by atoms with E-state index in [1.54, 1.807) is 0 Å². The lowest BCUT2D eigenvalue weighted by atomic mass is 9.74. The number of hydrogen-bond acceptors (Lipinski definition) is 4. The third kappa shape index (κ3) is 4.04. The van der Waals surface area contributed by atoms with Gasteiger partial charge in [-0.3, -0.25) is 4.79 Å². The van der Waals surface area contributed by atoms with Crippen LogP contribution in [-0.4, -0.2) is 51.5 Å². The lowest BCUT2D eigenvalue weighted by Crippen LogP contribution is -2.51. The van der Waals surface area contributed by atoms with Crippen molar-refractivity contribution >= 4 is 17.5 Å². The van der Waals surface area contributed by atoms with E-state index in [1.807, 2.05) is 12.1 Å². The maximum atomic E-state index is 12.3. The van der Waals surface area contributed by atoms with E-state index >= 15 is 0 Å². The number of carbonyl (C=O) groups is 1. The number of nitrogens with one attached hydrogen (secondary N) is 2. The zero-order valence-electron chi connectivity index (χ0n) is 13.1. The van der Waals surface area contributed by atoms with Gasteiger partial charge in [0.05, 0.1) is 6.61 Å². The largest absolute Gasteiger partial charge is 0.381 e. The molecule has 0 aliphatic carbocycles. The second-order valence-corrected chi connectivity index (χ2v) is 6.62. The Hall–Kier alpha value is -1.14. The first-order chi connectivity index (χ1) is 11.2. The Morgan fingerprint density at radius 3 is 2.65 bits per heavy atom. The van der Waals surface area contributed by atoms with Gasteiger partial charge in [-0.25, -0.2) is 0 Å². The highest BCUT2D eigenvalue weighted by Gasteiger charge is 2.35. The number of rotatable bonds is 4. The van der Waals surface area contributed by atoms with Crippen molar-refractivity contribution in [2.75, 3.05) is 39.5 Å². The third-order valence-corrected chi connectivity index (χ3v) is 4.98. The summed E-state index contributed by atoms with van der Waals surface area (Å²) in [5, 5.41) is 6.99. The van der Waals surface area contributed by atoms with Gasteiger partial charge in [-0.15, -0.1) is 0 Å². The van der Waals surface area contributed by atoms with Gasteiger partial charge in [0.1, 0.15) is 6.10 Å². The Morgan fingerprint density at radius 2 is 2.00 bits per heavy atom. The van der Waals surface area contributed by atoms with E-state index in [4.69, 9.17) is 21.1 Å². The minimum atomic E-state index is -0.397. The summed E-state index contributed by atoms with van der Waals surface area (Å²) in [5.74, 6) is -0.0444. The molecular formula is C17H23ClN2O3. The van der Waals surface area contributed by atoms with Gasteiger partial charge in [-0.1, -0.05) is 23.7 Å². The standard InChI is InChI=1S/C17H23ClN2O3/c18-14-3-1-13(2-4-14)17(5-8-22-9-6-17)12-20-16(21)15-11-19-7-10-23-15/h1-4,15,19H,5-12H2,(H,20,21). The van der Waals surface area contributed by atoms with Crippen LogP contribution < -0.4 is 10.6 Å². The predicted octanol–water partition coefficient (Wildman–Crippen LogP) is 1.49. The van der Waals surface area contributed by atoms with E-state index in [1.165, 1.54) is 5.56 Å². The van der Waals surface area contributed by atoms with Crippen LogP contribution >= 0.6 is 11.6 Å². The van der Waals surface area contributed by atoms with Crippen molar-refractivity contribution in [3.8, 4) is 0 Å². The molecule has 2 saturated heterocycles. The second-order valence-electron chi connectivity index (χ2n) is 6.18. The molecule has 3 rings (SSSR count). The van der Waals surface area contributed by atoms with Crippen LogP contribution in [0, 0.1) is 0 Å². The molecule has 2 heterocycles. The first kappa shape index (κ1) is 16.7. The molecule has 1 unspecified atom stereocenters. The fourth-order valence-electron chi connectivity index (χ4n) is 3.24. The lowest BCUT2D eigenvalue weighted by molar-refractivity contribution is -0.134. The monoisotopic (exact) mass is 338 g/mol.